The van der Waals surface area contributed by atoms with Crippen LogP contribution in [0.2, 0.25) is 0 Å². The molecule has 0 spiro atoms. The number of rotatable bonds is 6. The molecule has 5 nitrogen and oxygen atoms in total. The van der Waals surface area contributed by atoms with Crippen molar-refractivity contribution in [3.8, 4) is 0 Å². The van der Waals surface area contributed by atoms with E-state index in [0.717, 1.165) is 32.4 Å². The number of amides is 2. The molecule has 0 fully saturated rings. The average Bonchev–Trinajstić information content (AvgIpc) is 2.93. The molecule has 1 aliphatic heterocycles. The first-order chi connectivity index (χ1) is 9.77. The number of hydrogen-bond donors (Lipinski definition) is 1. The predicted molar refractivity (Wildman–Crippen MR) is 78.7 cm³/mol. The van der Waals surface area contributed by atoms with E-state index in [0.29, 0.717) is 13.2 Å². The minimum absolute atomic E-state index is 0.0482. The number of carbonyl (C=O) groups is 1. The predicted octanol–water partition coefficient (Wildman–Crippen LogP) is 2.39. The third-order valence-corrected chi connectivity index (χ3v) is 3.79. The van der Waals surface area contributed by atoms with Gasteiger partial charge in [0.1, 0.15) is 0 Å². The number of aromatic nitrogens is 1. The van der Waals surface area contributed by atoms with Gasteiger partial charge in [0.2, 0.25) is 0 Å². The van der Waals surface area contributed by atoms with E-state index in [1.807, 2.05) is 4.90 Å². The van der Waals surface area contributed by atoms with Crippen LogP contribution < -0.4 is 5.32 Å². The van der Waals surface area contributed by atoms with Crippen LogP contribution in [-0.2, 0) is 11.3 Å². The van der Waals surface area contributed by atoms with Gasteiger partial charge < -0.3 is 19.5 Å². The highest BCUT2D eigenvalue weighted by Crippen LogP contribution is 2.29. The van der Waals surface area contributed by atoms with E-state index < -0.39 is 0 Å². The zero-order valence-electron chi connectivity index (χ0n) is 12.5. The maximum Gasteiger partial charge on any atom is 0.318 e. The van der Waals surface area contributed by atoms with Crippen LogP contribution in [0, 0.1) is 0 Å². The topological polar surface area (TPSA) is 46.5 Å². The summed E-state index contributed by atoms with van der Waals surface area (Å²) in [6, 6.07) is 4.45. The molecule has 20 heavy (non-hydrogen) atoms. The van der Waals surface area contributed by atoms with Gasteiger partial charge in [0, 0.05) is 45.2 Å². The van der Waals surface area contributed by atoms with Gasteiger partial charge in [-0.15, -0.1) is 0 Å². The van der Waals surface area contributed by atoms with E-state index >= 15 is 0 Å². The van der Waals surface area contributed by atoms with Crippen LogP contribution in [-0.4, -0.2) is 42.3 Å². The molecule has 2 heterocycles. The molecule has 0 saturated carbocycles. The Morgan fingerprint density at radius 2 is 2.35 bits per heavy atom. The molecule has 1 aromatic rings. The van der Waals surface area contributed by atoms with Crippen molar-refractivity contribution in [3.05, 3.63) is 24.0 Å². The van der Waals surface area contributed by atoms with Crippen molar-refractivity contribution in [2.45, 2.75) is 38.8 Å². The lowest BCUT2D eigenvalue weighted by Gasteiger charge is -2.37. The van der Waals surface area contributed by atoms with Gasteiger partial charge in [0.25, 0.3) is 0 Å². The number of fused-ring (bicyclic) bond motifs is 1. The Hall–Kier alpha value is -1.49. The fourth-order valence-electron chi connectivity index (χ4n) is 2.80. The third kappa shape index (κ3) is 3.33. The molecular weight excluding hydrogens is 254 g/mol. The number of urea groups is 1. The van der Waals surface area contributed by atoms with Crippen LogP contribution in [0.15, 0.2) is 18.3 Å². The first-order valence-electron chi connectivity index (χ1n) is 7.46. The second-order valence-corrected chi connectivity index (χ2v) is 5.20. The molecule has 0 saturated heterocycles. The first-order valence-corrected chi connectivity index (χ1v) is 7.46. The molecule has 1 N–H and O–H groups in total. The number of nitrogens with zero attached hydrogens (tertiary/aromatic N) is 2. The monoisotopic (exact) mass is 279 g/mol. The summed E-state index contributed by atoms with van der Waals surface area (Å²) in [7, 11) is 1.68. The number of ether oxygens (including phenoxy) is 1. The summed E-state index contributed by atoms with van der Waals surface area (Å²) in [6.45, 7) is 5.18. The van der Waals surface area contributed by atoms with E-state index in [1.165, 1.54) is 5.69 Å². The minimum atomic E-state index is 0.0482. The molecule has 1 aromatic heterocycles. The Labute approximate surface area is 120 Å². The van der Waals surface area contributed by atoms with Crippen LogP contribution in [0.5, 0.6) is 0 Å². The second kappa shape index (κ2) is 7.33. The summed E-state index contributed by atoms with van der Waals surface area (Å²) in [5.41, 5.74) is 1.25. The standard InChI is InChI=1S/C15H25N3O2/c1-3-6-14-13-7-4-9-17(13)10-11-18(14)15(19)16-8-5-12-20-2/h4,7,9,14H,3,5-6,8,10-12H2,1-2H3,(H,16,19)/t14-/m1/s1. The first kappa shape index (κ1) is 14.9. The van der Waals surface area contributed by atoms with Crippen molar-refractivity contribution < 1.29 is 9.53 Å². The van der Waals surface area contributed by atoms with Crippen LogP contribution >= 0.6 is 0 Å². The van der Waals surface area contributed by atoms with Crippen molar-refractivity contribution in [2.24, 2.45) is 0 Å². The molecule has 0 aliphatic carbocycles. The van der Waals surface area contributed by atoms with E-state index in [2.05, 4.69) is 35.1 Å². The molecule has 1 atom stereocenters. The molecule has 2 amide bonds. The van der Waals surface area contributed by atoms with E-state index in [4.69, 9.17) is 4.74 Å². The smallest absolute Gasteiger partial charge is 0.318 e. The average molecular weight is 279 g/mol. The van der Waals surface area contributed by atoms with Crippen molar-refractivity contribution in [2.75, 3.05) is 26.8 Å². The largest absolute Gasteiger partial charge is 0.385 e. The van der Waals surface area contributed by atoms with E-state index in [-0.39, 0.29) is 12.1 Å². The normalized spacial score (nSPS) is 17.9. The molecule has 0 aromatic carbocycles. The summed E-state index contributed by atoms with van der Waals surface area (Å²) in [5, 5.41) is 3.00. The number of carbonyl (C=O) groups excluding carboxylic acids is 1. The lowest BCUT2D eigenvalue weighted by molar-refractivity contribution is 0.148. The fraction of sp³-hybridized carbons (Fsp3) is 0.667. The van der Waals surface area contributed by atoms with Crippen molar-refractivity contribution in [1.82, 2.24) is 14.8 Å². The van der Waals surface area contributed by atoms with Crippen LogP contribution in [0.3, 0.4) is 0 Å². The Kier molecular flexibility index (Phi) is 5.47. The molecular formula is C15H25N3O2. The highest BCUT2D eigenvalue weighted by atomic mass is 16.5. The SMILES string of the molecule is CCC[C@@H]1c2cccn2CCN1C(=O)NCCCOC. The highest BCUT2D eigenvalue weighted by Gasteiger charge is 2.29. The van der Waals surface area contributed by atoms with Crippen LogP contribution in [0.4, 0.5) is 4.79 Å². The molecule has 5 heteroatoms. The fourth-order valence-corrected chi connectivity index (χ4v) is 2.80. The van der Waals surface area contributed by atoms with Gasteiger partial charge in [-0.25, -0.2) is 4.79 Å². The van der Waals surface area contributed by atoms with Gasteiger partial charge in [-0.05, 0) is 25.0 Å². The van der Waals surface area contributed by atoms with Crippen LogP contribution in [0.25, 0.3) is 0 Å². The van der Waals surface area contributed by atoms with Gasteiger partial charge in [-0.2, -0.15) is 0 Å². The lowest BCUT2D eigenvalue weighted by atomic mass is 10.0. The highest BCUT2D eigenvalue weighted by molar-refractivity contribution is 5.74. The van der Waals surface area contributed by atoms with Gasteiger partial charge in [0.05, 0.1) is 6.04 Å². The van der Waals surface area contributed by atoms with Gasteiger partial charge in [0.15, 0.2) is 0 Å². The summed E-state index contributed by atoms with van der Waals surface area (Å²) < 4.78 is 7.26. The number of methoxy groups -OCH3 is 1. The lowest BCUT2D eigenvalue weighted by Crippen LogP contribution is -2.47. The maximum atomic E-state index is 12.3. The Morgan fingerprint density at radius 1 is 1.50 bits per heavy atom. The Balaban J connectivity index is 1.97. The molecule has 0 bridgehead atoms. The van der Waals surface area contributed by atoms with Gasteiger partial charge in [-0.1, -0.05) is 13.3 Å². The summed E-state index contributed by atoms with van der Waals surface area (Å²) in [5.74, 6) is 0. The number of nitrogens with one attached hydrogen (secondary N) is 1. The second-order valence-electron chi connectivity index (χ2n) is 5.20. The van der Waals surface area contributed by atoms with E-state index in [1.54, 1.807) is 7.11 Å². The molecule has 0 radical (unpaired) electrons. The number of hydrogen-bond acceptors (Lipinski definition) is 2. The van der Waals surface area contributed by atoms with Crippen molar-refractivity contribution in [1.29, 1.82) is 0 Å². The molecule has 1 aliphatic rings. The quantitative estimate of drug-likeness (QED) is 0.813. The Morgan fingerprint density at radius 3 is 3.10 bits per heavy atom. The maximum absolute atomic E-state index is 12.3. The van der Waals surface area contributed by atoms with Gasteiger partial charge >= 0.3 is 6.03 Å². The molecule has 112 valence electrons. The van der Waals surface area contributed by atoms with E-state index in [9.17, 15) is 4.79 Å². The molecule has 2 rings (SSSR count). The third-order valence-electron chi connectivity index (χ3n) is 3.79. The summed E-state index contributed by atoms with van der Waals surface area (Å²) in [4.78, 5) is 14.3. The van der Waals surface area contributed by atoms with Gasteiger partial charge in [-0.3, -0.25) is 0 Å². The van der Waals surface area contributed by atoms with Crippen molar-refractivity contribution >= 4 is 6.03 Å². The zero-order chi connectivity index (χ0) is 14.4. The van der Waals surface area contributed by atoms with Crippen LogP contribution in [0.1, 0.15) is 37.9 Å². The summed E-state index contributed by atoms with van der Waals surface area (Å²) in [6.07, 6.45) is 5.04. The zero-order valence-corrected chi connectivity index (χ0v) is 12.5. The molecule has 0 unspecified atom stereocenters. The Bertz CT molecular complexity index is 431. The van der Waals surface area contributed by atoms with Crippen molar-refractivity contribution in [3.63, 3.8) is 0 Å². The minimum Gasteiger partial charge on any atom is -0.385 e. The summed E-state index contributed by atoms with van der Waals surface area (Å²) >= 11 is 0.